The Bertz CT molecular complexity index is 773. The summed E-state index contributed by atoms with van der Waals surface area (Å²) in [5.74, 6) is 1.20. The van der Waals surface area contributed by atoms with Gasteiger partial charge in [0.15, 0.2) is 0 Å². The van der Waals surface area contributed by atoms with Crippen LogP contribution in [-0.4, -0.2) is 9.97 Å². The Morgan fingerprint density at radius 3 is 2.35 bits per heavy atom. The molecule has 0 atom stereocenters. The summed E-state index contributed by atoms with van der Waals surface area (Å²) in [6.07, 6.45) is 0. The van der Waals surface area contributed by atoms with Gasteiger partial charge in [-0.15, -0.1) is 0 Å². The van der Waals surface area contributed by atoms with E-state index in [1.54, 1.807) is 0 Å². The molecule has 3 rings (SSSR count). The molecule has 1 heterocycles. The molecule has 6 heteroatoms. The van der Waals surface area contributed by atoms with Crippen LogP contribution in [0.25, 0.3) is 0 Å². The quantitative estimate of drug-likeness (QED) is 0.602. The smallest absolute Gasteiger partial charge is 0.229 e. The van der Waals surface area contributed by atoms with E-state index in [0.29, 0.717) is 16.8 Å². The molecule has 0 bridgehead atoms. The largest absolute Gasteiger partial charge is 0.339 e. The van der Waals surface area contributed by atoms with Crippen LogP contribution in [0.15, 0.2) is 59.1 Å². The van der Waals surface area contributed by atoms with Crippen LogP contribution in [0, 0.1) is 6.92 Å². The fourth-order valence-corrected chi connectivity index (χ4v) is 2.64. The lowest BCUT2D eigenvalue weighted by Gasteiger charge is -2.11. The lowest BCUT2D eigenvalue weighted by atomic mass is 10.3. The van der Waals surface area contributed by atoms with Crippen molar-refractivity contribution in [1.29, 1.82) is 0 Å². The van der Waals surface area contributed by atoms with Gasteiger partial charge in [-0.25, -0.2) is 4.98 Å². The first-order valence-corrected chi connectivity index (χ1v) is 8.18. The van der Waals surface area contributed by atoms with Crippen LogP contribution in [0.4, 0.5) is 23.1 Å². The topological polar surface area (TPSA) is 49.8 Å². The van der Waals surface area contributed by atoms with Crippen molar-refractivity contribution in [1.82, 2.24) is 9.97 Å². The summed E-state index contributed by atoms with van der Waals surface area (Å²) in [5, 5.41) is 7.07. The molecule has 0 aliphatic rings. The highest BCUT2D eigenvalue weighted by Gasteiger charge is 2.06. The molecule has 0 spiro atoms. The van der Waals surface area contributed by atoms with E-state index in [4.69, 9.17) is 11.6 Å². The number of aromatic nitrogens is 2. The first-order valence-electron chi connectivity index (χ1n) is 7.00. The lowest BCUT2D eigenvalue weighted by molar-refractivity contribution is 1.11. The molecular formula is C17H14BrClN4. The maximum atomic E-state index is 6.18. The number of nitrogens with zero attached hydrogens (tertiary/aromatic N) is 2. The first kappa shape index (κ1) is 15.8. The fraction of sp³-hybridized carbons (Fsp3) is 0.0588. The van der Waals surface area contributed by atoms with Gasteiger partial charge in [-0.3, -0.25) is 0 Å². The molecule has 0 saturated heterocycles. The molecule has 0 fully saturated rings. The number of anilines is 4. The molecule has 0 radical (unpaired) electrons. The van der Waals surface area contributed by atoms with Crippen molar-refractivity contribution in [2.45, 2.75) is 6.92 Å². The number of aryl methyl sites for hydroxylation is 1. The summed E-state index contributed by atoms with van der Waals surface area (Å²) in [6.45, 7) is 1.92. The summed E-state index contributed by atoms with van der Waals surface area (Å²) < 4.78 is 0.950. The highest BCUT2D eigenvalue weighted by molar-refractivity contribution is 9.10. The van der Waals surface area contributed by atoms with E-state index in [2.05, 4.69) is 36.5 Å². The van der Waals surface area contributed by atoms with Crippen LogP contribution in [0.2, 0.25) is 5.02 Å². The Kier molecular flexibility index (Phi) is 4.79. The summed E-state index contributed by atoms with van der Waals surface area (Å²) in [4.78, 5) is 8.91. The van der Waals surface area contributed by atoms with Gasteiger partial charge in [-0.2, -0.15) is 4.98 Å². The molecule has 23 heavy (non-hydrogen) atoms. The molecule has 0 aliphatic heterocycles. The normalized spacial score (nSPS) is 10.4. The minimum Gasteiger partial charge on any atom is -0.339 e. The minimum absolute atomic E-state index is 0.520. The van der Waals surface area contributed by atoms with Crippen molar-refractivity contribution in [2.75, 3.05) is 10.6 Å². The van der Waals surface area contributed by atoms with Crippen LogP contribution < -0.4 is 10.6 Å². The maximum Gasteiger partial charge on any atom is 0.229 e. The average molecular weight is 390 g/mol. The van der Waals surface area contributed by atoms with Crippen molar-refractivity contribution in [3.8, 4) is 0 Å². The third kappa shape index (κ3) is 4.00. The molecule has 2 N–H and O–H groups in total. The number of nitrogens with one attached hydrogen (secondary N) is 2. The molecule has 0 saturated carbocycles. The molecule has 0 aliphatic carbocycles. The number of benzene rings is 2. The van der Waals surface area contributed by atoms with Crippen LogP contribution in [0.1, 0.15) is 5.69 Å². The lowest BCUT2D eigenvalue weighted by Crippen LogP contribution is -2.02. The Hall–Kier alpha value is -2.11. The predicted octanol–water partition coefficient (Wildman–Crippen LogP) is 5.69. The van der Waals surface area contributed by atoms with E-state index in [0.717, 1.165) is 21.5 Å². The Labute approximate surface area is 148 Å². The molecule has 4 nitrogen and oxygen atoms in total. The second-order valence-electron chi connectivity index (χ2n) is 4.93. The molecule has 1 aromatic heterocycles. The number of rotatable bonds is 4. The van der Waals surface area contributed by atoms with E-state index in [-0.39, 0.29) is 0 Å². The predicted molar refractivity (Wildman–Crippen MR) is 98.9 cm³/mol. The third-order valence-electron chi connectivity index (χ3n) is 3.11. The van der Waals surface area contributed by atoms with Gasteiger partial charge < -0.3 is 10.6 Å². The summed E-state index contributed by atoms with van der Waals surface area (Å²) >= 11 is 9.68. The zero-order chi connectivity index (χ0) is 16.2. The molecule has 116 valence electrons. The summed E-state index contributed by atoms with van der Waals surface area (Å²) in [7, 11) is 0. The molecule has 2 aromatic carbocycles. The highest BCUT2D eigenvalue weighted by Crippen LogP contribution is 2.27. The summed E-state index contributed by atoms with van der Waals surface area (Å²) in [6, 6.07) is 17.2. The average Bonchev–Trinajstić information content (AvgIpc) is 2.51. The Morgan fingerprint density at radius 2 is 1.61 bits per heavy atom. The van der Waals surface area contributed by atoms with Crippen LogP contribution >= 0.6 is 27.5 Å². The SMILES string of the molecule is Cc1cc(Nc2ccccc2Cl)nc(Nc2ccccc2Br)n1. The van der Waals surface area contributed by atoms with Crippen molar-refractivity contribution in [2.24, 2.45) is 0 Å². The Morgan fingerprint density at radius 1 is 0.913 bits per heavy atom. The van der Waals surface area contributed by atoms with Gasteiger partial charge in [0.25, 0.3) is 0 Å². The van der Waals surface area contributed by atoms with E-state index in [9.17, 15) is 0 Å². The minimum atomic E-state index is 0.520. The summed E-state index contributed by atoms with van der Waals surface area (Å²) in [5.41, 5.74) is 2.56. The first-order chi connectivity index (χ1) is 11.1. The molecule has 3 aromatic rings. The van der Waals surface area contributed by atoms with Gasteiger partial charge in [-0.05, 0) is 47.1 Å². The van der Waals surface area contributed by atoms with Crippen LogP contribution in [-0.2, 0) is 0 Å². The molecule has 0 unspecified atom stereocenters. The number of halogens is 2. The van der Waals surface area contributed by atoms with E-state index in [1.165, 1.54) is 0 Å². The molecular weight excluding hydrogens is 376 g/mol. The van der Waals surface area contributed by atoms with Gasteiger partial charge in [0.1, 0.15) is 5.82 Å². The van der Waals surface area contributed by atoms with Crippen molar-refractivity contribution in [3.63, 3.8) is 0 Å². The Balaban J connectivity index is 1.88. The van der Waals surface area contributed by atoms with Crippen molar-refractivity contribution >= 4 is 50.7 Å². The second kappa shape index (κ2) is 6.98. The second-order valence-corrected chi connectivity index (χ2v) is 6.19. The van der Waals surface area contributed by atoms with E-state index < -0.39 is 0 Å². The van der Waals surface area contributed by atoms with E-state index in [1.807, 2.05) is 61.5 Å². The van der Waals surface area contributed by atoms with Crippen LogP contribution in [0.3, 0.4) is 0 Å². The van der Waals surface area contributed by atoms with Gasteiger partial charge in [0.2, 0.25) is 5.95 Å². The van der Waals surface area contributed by atoms with Gasteiger partial charge in [-0.1, -0.05) is 35.9 Å². The fourth-order valence-electron chi connectivity index (χ4n) is 2.07. The number of para-hydroxylation sites is 2. The van der Waals surface area contributed by atoms with Crippen LogP contribution in [0.5, 0.6) is 0 Å². The number of hydrogen-bond donors (Lipinski definition) is 2. The third-order valence-corrected chi connectivity index (χ3v) is 4.13. The highest BCUT2D eigenvalue weighted by atomic mass is 79.9. The van der Waals surface area contributed by atoms with Gasteiger partial charge in [0.05, 0.1) is 16.4 Å². The standard InChI is InChI=1S/C17H14BrClN4/c1-11-10-16(21-15-9-5-3-7-13(15)19)23-17(20-11)22-14-8-4-2-6-12(14)18/h2-10H,1H3,(H2,20,21,22,23). The van der Waals surface area contributed by atoms with Crippen molar-refractivity contribution in [3.05, 3.63) is 69.8 Å². The monoisotopic (exact) mass is 388 g/mol. The van der Waals surface area contributed by atoms with E-state index >= 15 is 0 Å². The van der Waals surface area contributed by atoms with Gasteiger partial charge in [0, 0.05) is 16.2 Å². The maximum absolute atomic E-state index is 6.18. The number of hydrogen-bond acceptors (Lipinski definition) is 4. The van der Waals surface area contributed by atoms with Crippen molar-refractivity contribution < 1.29 is 0 Å². The zero-order valence-electron chi connectivity index (χ0n) is 12.3. The van der Waals surface area contributed by atoms with Gasteiger partial charge >= 0.3 is 0 Å². The zero-order valence-corrected chi connectivity index (χ0v) is 14.7. The molecule has 0 amide bonds.